The molecule has 0 amide bonds. The van der Waals surface area contributed by atoms with Gasteiger partial charge < -0.3 is 10.2 Å². The fourth-order valence-electron chi connectivity index (χ4n) is 1.12. The van der Waals surface area contributed by atoms with Crippen LogP contribution >= 0.6 is 11.8 Å². The number of aromatic hydroxyl groups is 2. The van der Waals surface area contributed by atoms with Crippen LogP contribution in [0.3, 0.4) is 0 Å². The Balaban J connectivity index is 3.16. The summed E-state index contributed by atoms with van der Waals surface area (Å²) in [5.41, 5.74) is 0. The van der Waals surface area contributed by atoms with Gasteiger partial charge in [0.1, 0.15) is 16.4 Å². The molecule has 0 saturated carbocycles. The van der Waals surface area contributed by atoms with Crippen molar-refractivity contribution in [3.63, 3.8) is 0 Å². The Labute approximate surface area is 104 Å². The molecule has 7 heteroatoms. The molecule has 3 N–H and O–H groups in total. The minimum atomic E-state index is -4.49. The van der Waals surface area contributed by atoms with Gasteiger partial charge in [0.05, 0.1) is 4.90 Å². The van der Waals surface area contributed by atoms with Crippen LogP contribution in [0.1, 0.15) is 13.8 Å². The third-order valence-corrected chi connectivity index (χ3v) is 4.24. The van der Waals surface area contributed by atoms with E-state index in [-0.39, 0.29) is 5.75 Å². The van der Waals surface area contributed by atoms with Crippen LogP contribution in [0, 0.1) is 5.92 Å². The molecule has 0 radical (unpaired) electrons. The van der Waals surface area contributed by atoms with Gasteiger partial charge in [-0.05, 0) is 12.0 Å². The highest BCUT2D eigenvalue weighted by Crippen LogP contribution is 2.36. The largest absolute Gasteiger partial charge is 0.507 e. The summed E-state index contributed by atoms with van der Waals surface area (Å²) >= 11 is 1.26. The molecule has 0 aliphatic heterocycles. The summed E-state index contributed by atoms with van der Waals surface area (Å²) in [6.45, 7) is 3.96. The molecule has 0 fully saturated rings. The van der Waals surface area contributed by atoms with E-state index in [0.717, 1.165) is 12.1 Å². The molecule has 0 aromatic heterocycles. The van der Waals surface area contributed by atoms with E-state index in [1.54, 1.807) is 0 Å². The van der Waals surface area contributed by atoms with Crippen molar-refractivity contribution in [1.82, 2.24) is 0 Å². The van der Waals surface area contributed by atoms with E-state index in [1.807, 2.05) is 13.8 Å². The number of hydrogen-bond acceptors (Lipinski definition) is 5. The van der Waals surface area contributed by atoms with Gasteiger partial charge in [-0.25, -0.2) is 0 Å². The molecule has 0 spiro atoms. The molecule has 0 atom stereocenters. The highest BCUT2D eigenvalue weighted by molar-refractivity contribution is 7.99. The highest BCUT2D eigenvalue weighted by atomic mass is 32.2. The van der Waals surface area contributed by atoms with Crippen molar-refractivity contribution in [3.05, 3.63) is 12.1 Å². The van der Waals surface area contributed by atoms with Crippen LogP contribution in [0.4, 0.5) is 0 Å². The second-order valence-electron chi connectivity index (χ2n) is 3.97. The van der Waals surface area contributed by atoms with Crippen molar-refractivity contribution in [3.8, 4) is 11.5 Å². The second-order valence-corrected chi connectivity index (χ2v) is 6.42. The highest BCUT2D eigenvalue weighted by Gasteiger charge is 2.19. The zero-order valence-electron chi connectivity index (χ0n) is 9.41. The lowest BCUT2D eigenvalue weighted by atomic mass is 10.3. The van der Waals surface area contributed by atoms with Crippen molar-refractivity contribution in [2.45, 2.75) is 23.6 Å². The average molecular weight is 278 g/mol. The molecule has 17 heavy (non-hydrogen) atoms. The van der Waals surface area contributed by atoms with Crippen LogP contribution in [0.2, 0.25) is 0 Å². The summed E-state index contributed by atoms with van der Waals surface area (Å²) in [6.07, 6.45) is 0. The van der Waals surface area contributed by atoms with E-state index in [4.69, 9.17) is 4.55 Å². The lowest BCUT2D eigenvalue weighted by molar-refractivity contribution is 0.424. The lowest BCUT2D eigenvalue weighted by Crippen LogP contribution is -1.99. The zero-order valence-corrected chi connectivity index (χ0v) is 11.0. The first-order chi connectivity index (χ1) is 7.71. The van der Waals surface area contributed by atoms with Gasteiger partial charge in [-0.3, -0.25) is 4.55 Å². The summed E-state index contributed by atoms with van der Waals surface area (Å²) in [7, 11) is -4.49. The van der Waals surface area contributed by atoms with Gasteiger partial charge in [0.25, 0.3) is 10.1 Å². The summed E-state index contributed by atoms with van der Waals surface area (Å²) in [4.78, 5) is -0.286. The number of rotatable bonds is 4. The van der Waals surface area contributed by atoms with Crippen LogP contribution in [0.25, 0.3) is 0 Å². The Morgan fingerprint density at radius 1 is 1.24 bits per heavy atom. The van der Waals surface area contributed by atoms with Crippen molar-refractivity contribution < 1.29 is 23.2 Å². The molecule has 1 aromatic carbocycles. The summed E-state index contributed by atoms with van der Waals surface area (Å²) in [5.74, 6) is 0.172. The number of phenols is 2. The van der Waals surface area contributed by atoms with Gasteiger partial charge in [-0.15, -0.1) is 11.8 Å². The average Bonchev–Trinajstić information content (AvgIpc) is 2.13. The van der Waals surface area contributed by atoms with Gasteiger partial charge in [-0.1, -0.05) is 13.8 Å². The third-order valence-electron chi connectivity index (χ3n) is 1.89. The number of phenolic OH excluding ortho intramolecular Hbond substituents is 2. The van der Waals surface area contributed by atoms with Gasteiger partial charge in [0.2, 0.25) is 0 Å². The molecule has 0 saturated heterocycles. The predicted octanol–water partition coefficient (Wildman–Crippen LogP) is 2.09. The van der Waals surface area contributed by atoms with E-state index in [0.29, 0.717) is 16.6 Å². The zero-order chi connectivity index (χ0) is 13.2. The summed E-state index contributed by atoms with van der Waals surface area (Å²) in [6, 6.07) is 1.97. The fourth-order valence-corrected chi connectivity index (χ4v) is 2.70. The van der Waals surface area contributed by atoms with E-state index in [9.17, 15) is 18.6 Å². The van der Waals surface area contributed by atoms with E-state index < -0.39 is 20.8 Å². The van der Waals surface area contributed by atoms with Crippen molar-refractivity contribution >= 4 is 21.9 Å². The smallest absolute Gasteiger partial charge is 0.298 e. The molecule has 0 aliphatic carbocycles. The Morgan fingerprint density at radius 2 is 1.82 bits per heavy atom. The Bertz CT molecular complexity index is 508. The van der Waals surface area contributed by atoms with Gasteiger partial charge >= 0.3 is 0 Å². The standard InChI is InChI=1S/C10H14O5S2/c1-6(2)5-16-9-4-10(17(13,14)15)8(12)3-7(9)11/h3-4,6,11-12H,5H2,1-2H3,(H,13,14,15). The van der Waals surface area contributed by atoms with Crippen LogP contribution in [-0.4, -0.2) is 28.9 Å². The van der Waals surface area contributed by atoms with E-state index in [1.165, 1.54) is 11.8 Å². The Morgan fingerprint density at radius 3 is 2.29 bits per heavy atom. The minimum Gasteiger partial charge on any atom is -0.507 e. The maximum absolute atomic E-state index is 11.0. The topological polar surface area (TPSA) is 94.8 Å². The normalized spacial score (nSPS) is 12.0. The van der Waals surface area contributed by atoms with Crippen LogP contribution in [0.5, 0.6) is 11.5 Å². The Kier molecular flexibility index (Phi) is 4.29. The minimum absolute atomic E-state index is 0.208. The maximum atomic E-state index is 11.0. The first-order valence-corrected chi connectivity index (χ1v) is 7.30. The number of hydrogen-bond donors (Lipinski definition) is 3. The van der Waals surface area contributed by atoms with Crippen LogP contribution in [-0.2, 0) is 10.1 Å². The first kappa shape index (κ1) is 14.1. The first-order valence-electron chi connectivity index (χ1n) is 4.88. The lowest BCUT2D eigenvalue weighted by Gasteiger charge is -2.09. The van der Waals surface area contributed by atoms with Crippen molar-refractivity contribution in [2.24, 2.45) is 5.92 Å². The van der Waals surface area contributed by atoms with Gasteiger partial charge in [0, 0.05) is 11.8 Å². The van der Waals surface area contributed by atoms with Crippen molar-refractivity contribution in [1.29, 1.82) is 0 Å². The molecule has 1 aromatic rings. The molecular weight excluding hydrogens is 264 g/mol. The second kappa shape index (κ2) is 5.16. The maximum Gasteiger partial charge on any atom is 0.298 e. The van der Waals surface area contributed by atoms with Gasteiger partial charge in [-0.2, -0.15) is 8.42 Å². The molecule has 1 rings (SSSR count). The van der Waals surface area contributed by atoms with Crippen LogP contribution in [0.15, 0.2) is 21.9 Å². The molecule has 0 aliphatic rings. The number of benzene rings is 1. The Hall–Kier alpha value is -0.920. The quantitative estimate of drug-likeness (QED) is 0.576. The monoisotopic (exact) mass is 278 g/mol. The molecule has 5 nitrogen and oxygen atoms in total. The molecule has 0 heterocycles. The van der Waals surface area contributed by atoms with Crippen molar-refractivity contribution in [2.75, 3.05) is 5.75 Å². The molecule has 96 valence electrons. The van der Waals surface area contributed by atoms with E-state index in [2.05, 4.69) is 0 Å². The SMILES string of the molecule is CC(C)CSc1cc(S(=O)(=O)O)c(O)cc1O. The fraction of sp³-hybridized carbons (Fsp3) is 0.400. The third kappa shape index (κ3) is 3.79. The summed E-state index contributed by atoms with van der Waals surface area (Å²) in [5, 5.41) is 18.9. The number of thioether (sulfide) groups is 1. The van der Waals surface area contributed by atoms with Crippen LogP contribution < -0.4 is 0 Å². The molecule has 0 bridgehead atoms. The molecule has 0 unspecified atom stereocenters. The molecular formula is C10H14O5S2. The van der Waals surface area contributed by atoms with E-state index >= 15 is 0 Å². The van der Waals surface area contributed by atoms with Gasteiger partial charge in [0.15, 0.2) is 0 Å². The predicted molar refractivity (Wildman–Crippen MR) is 65.1 cm³/mol. The summed E-state index contributed by atoms with van der Waals surface area (Å²) < 4.78 is 30.8.